The van der Waals surface area contributed by atoms with Crippen LogP contribution in [0.3, 0.4) is 0 Å². The van der Waals surface area contributed by atoms with Crippen molar-refractivity contribution in [3.63, 3.8) is 0 Å². The van der Waals surface area contributed by atoms with Gasteiger partial charge in [0.1, 0.15) is 23.7 Å². The summed E-state index contributed by atoms with van der Waals surface area (Å²) in [5.41, 5.74) is 1.08. The SMILES string of the molecule is C=CCCCCCCCCC(=O)OCc1cn(-c2ccccc2O)nn1. The minimum absolute atomic E-state index is 0.0913. The van der Waals surface area contributed by atoms with Crippen LogP contribution in [0.15, 0.2) is 43.1 Å². The van der Waals surface area contributed by atoms with Crippen molar-refractivity contribution in [2.24, 2.45) is 0 Å². The molecule has 1 aromatic carbocycles. The van der Waals surface area contributed by atoms with Gasteiger partial charge < -0.3 is 9.84 Å². The highest BCUT2D eigenvalue weighted by Gasteiger charge is 2.09. The third-order valence-electron chi connectivity index (χ3n) is 4.09. The van der Waals surface area contributed by atoms with E-state index >= 15 is 0 Å². The van der Waals surface area contributed by atoms with Gasteiger partial charge in [0, 0.05) is 6.42 Å². The van der Waals surface area contributed by atoms with E-state index in [2.05, 4.69) is 16.9 Å². The Bertz CT molecular complexity index is 697. The monoisotopic (exact) mass is 357 g/mol. The first-order chi connectivity index (χ1) is 12.7. The van der Waals surface area contributed by atoms with E-state index < -0.39 is 0 Å². The number of nitrogens with zero attached hydrogens (tertiary/aromatic N) is 3. The highest BCUT2D eigenvalue weighted by atomic mass is 16.5. The summed E-state index contributed by atoms with van der Waals surface area (Å²) < 4.78 is 6.70. The number of aromatic hydroxyl groups is 1. The van der Waals surface area contributed by atoms with Gasteiger partial charge in [0.25, 0.3) is 0 Å². The molecule has 1 heterocycles. The number of ether oxygens (including phenoxy) is 1. The first kappa shape index (κ1) is 19.7. The second-order valence-electron chi connectivity index (χ2n) is 6.25. The summed E-state index contributed by atoms with van der Waals surface area (Å²) in [4.78, 5) is 11.8. The molecule has 1 N–H and O–H groups in total. The molecule has 0 spiro atoms. The predicted octanol–water partition coefficient (Wildman–Crippen LogP) is 4.32. The van der Waals surface area contributed by atoms with E-state index in [4.69, 9.17) is 4.74 Å². The van der Waals surface area contributed by atoms with Crippen LogP contribution in [0, 0.1) is 0 Å². The van der Waals surface area contributed by atoms with Crippen molar-refractivity contribution in [2.45, 2.75) is 58.0 Å². The van der Waals surface area contributed by atoms with E-state index in [1.165, 1.54) is 23.9 Å². The van der Waals surface area contributed by atoms with E-state index in [1.807, 2.05) is 6.08 Å². The molecule has 0 aliphatic rings. The van der Waals surface area contributed by atoms with Crippen LogP contribution in [0.5, 0.6) is 5.75 Å². The zero-order valence-electron chi connectivity index (χ0n) is 15.1. The van der Waals surface area contributed by atoms with Crippen molar-refractivity contribution < 1.29 is 14.6 Å². The number of phenols is 1. The molecule has 2 rings (SSSR count). The number of carbonyl (C=O) groups is 1. The number of unbranched alkanes of at least 4 members (excludes halogenated alkanes) is 6. The van der Waals surface area contributed by atoms with E-state index in [0.29, 0.717) is 17.8 Å². The number of esters is 1. The van der Waals surface area contributed by atoms with Crippen LogP contribution >= 0.6 is 0 Å². The van der Waals surface area contributed by atoms with Crippen LogP contribution in [-0.4, -0.2) is 26.1 Å². The number of rotatable bonds is 12. The van der Waals surface area contributed by atoms with Crippen LogP contribution in [-0.2, 0) is 16.1 Å². The third kappa shape index (κ3) is 6.70. The smallest absolute Gasteiger partial charge is 0.306 e. The second kappa shape index (κ2) is 11.1. The van der Waals surface area contributed by atoms with E-state index in [9.17, 15) is 9.90 Å². The molecule has 0 unspecified atom stereocenters. The van der Waals surface area contributed by atoms with Gasteiger partial charge in [0.05, 0.1) is 6.20 Å². The molecule has 0 saturated heterocycles. The number of phenolic OH excluding ortho intramolecular Hbond substituents is 1. The molecule has 0 radical (unpaired) electrons. The lowest BCUT2D eigenvalue weighted by Crippen LogP contribution is -2.04. The Morgan fingerprint density at radius 3 is 2.65 bits per heavy atom. The van der Waals surface area contributed by atoms with Gasteiger partial charge in [-0.15, -0.1) is 11.7 Å². The predicted molar refractivity (Wildman–Crippen MR) is 100.0 cm³/mol. The van der Waals surface area contributed by atoms with Crippen LogP contribution in [0.1, 0.15) is 57.1 Å². The van der Waals surface area contributed by atoms with E-state index in [1.54, 1.807) is 30.5 Å². The molecule has 2 aromatic rings. The molecular formula is C20H27N3O3. The van der Waals surface area contributed by atoms with Gasteiger partial charge in [0.15, 0.2) is 0 Å². The van der Waals surface area contributed by atoms with Crippen LogP contribution in [0.25, 0.3) is 5.69 Å². The summed E-state index contributed by atoms with van der Waals surface area (Å²) in [5, 5.41) is 17.7. The number of hydrogen-bond donors (Lipinski definition) is 1. The highest BCUT2D eigenvalue weighted by molar-refractivity contribution is 5.69. The molecule has 0 atom stereocenters. The van der Waals surface area contributed by atoms with Gasteiger partial charge in [-0.25, -0.2) is 4.68 Å². The Kier molecular flexibility index (Phi) is 8.39. The first-order valence-electron chi connectivity index (χ1n) is 9.17. The maximum Gasteiger partial charge on any atom is 0.306 e. The number of benzene rings is 1. The van der Waals surface area contributed by atoms with Crippen molar-refractivity contribution in [3.8, 4) is 11.4 Å². The standard InChI is InChI=1S/C20H27N3O3/c1-2-3-4-5-6-7-8-9-14-20(25)26-16-17-15-23(22-21-17)18-12-10-11-13-19(18)24/h2,10-13,15,24H,1,3-9,14,16H2. The summed E-state index contributed by atoms with van der Waals surface area (Å²) in [6, 6.07) is 6.85. The van der Waals surface area contributed by atoms with E-state index in [-0.39, 0.29) is 18.3 Å². The first-order valence-corrected chi connectivity index (χ1v) is 9.17. The maximum absolute atomic E-state index is 11.8. The third-order valence-corrected chi connectivity index (χ3v) is 4.09. The van der Waals surface area contributed by atoms with Crippen LogP contribution < -0.4 is 0 Å². The molecule has 0 amide bonds. The number of allylic oxidation sites excluding steroid dienone is 1. The fraction of sp³-hybridized carbons (Fsp3) is 0.450. The summed E-state index contributed by atoms with van der Waals surface area (Å²) in [6.45, 7) is 3.81. The second-order valence-corrected chi connectivity index (χ2v) is 6.25. The van der Waals surface area contributed by atoms with Crippen molar-refractivity contribution >= 4 is 5.97 Å². The normalized spacial score (nSPS) is 10.6. The molecule has 140 valence electrons. The molecule has 6 heteroatoms. The van der Waals surface area contributed by atoms with Crippen LogP contribution in [0.4, 0.5) is 0 Å². The van der Waals surface area contributed by atoms with Crippen molar-refractivity contribution in [2.75, 3.05) is 0 Å². The largest absolute Gasteiger partial charge is 0.506 e. The molecule has 0 aliphatic carbocycles. The van der Waals surface area contributed by atoms with Gasteiger partial charge in [-0.3, -0.25) is 4.79 Å². The van der Waals surface area contributed by atoms with Crippen molar-refractivity contribution in [1.82, 2.24) is 15.0 Å². The zero-order valence-corrected chi connectivity index (χ0v) is 15.1. The summed E-state index contributed by atoms with van der Waals surface area (Å²) in [6.07, 6.45) is 11.8. The van der Waals surface area contributed by atoms with E-state index in [0.717, 1.165) is 25.7 Å². The number of hydrogen-bond acceptors (Lipinski definition) is 5. The lowest BCUT2D eigenvalue weighted by atomic mass is 10.1. The van der Waals surface area contributed by atoms with Crippen molar-refractivity contribution in [3.05, 3.63) is 48.8 Å². The Morgan fingerprint density at radius 1 is 1.15 bits per heavy atom. The average Bonchev–Trinajstić information content (AvgIpc) is 3.11. The number of para-hydroxylation sites is 2. The van der Waals surface area contributed by atoms with Crippen LogP contribution in [0.2, 0.25) is 0 Å². The van der Waals surface area contributed by atoms with Gasteiger partial charge in [-0.1, -0.05) is 49.1 Å². The fourth-order valence-electron chi connectivity index (χ4n) is 2.63. The van der Waals surface area contributed by atoms with Gasteiger partial charge in [0.2, 0.25) is 0 Å². The Balaban J connectivity index is 1.62. The minimum Gasteiger partial charge on any atom is -0.506 e. The van der Waals surface area contributed by atoms with Gasteiger partial charge >= 0.3 is 5.97 Å². The molecule has 1 aromatic heterocycles. The molecule has 0 fully saturated rings. The number of carbonyl (C=O) groups excluding carboxylic acids is 1. The molecule has 0 bridgehead atoms. The molecule has 0 aliphatic heterocycles. The molecular weight excluding hydrogens is 330 g/mol. The Hall–Kier alpha value is -2.63. The summed E-state index contributed by atoms with van der Waals surface area (Å²) in [7, 11) is 0. The maximum atomic E-state index is 11.8. The number of aromatic nitrogens is 3. The molecule has 26 heavy (non-hydrogen) atoms. The fourth-order valence-corrected chi connectivity index (χ4v) is 2.63. The van der Waals surface area contributed by atoms with Gasteiger partial charge in [-0.2, -0.15) is 0 Å². The Morgan fingerprint density at radius 2 is 1.88 bits per heavy atom. The lowest BCUT2D eigenvalue weighted by molar-refractivity contribution is -0.145. The minimum atomic E-state index is -0.214. The molecule has 0 saturated carbocycles. The van der Waals surface area contributed by atoms with Gasteiger partial charge in [-0.05, 0) is 31.4 Å². The quantitative estimate of drug-likeness (QED) is 0.348. The zero-order chi connectivity index (χ0) is 18.6. The lowest BCUT2D eigenvalue weighted by Gasteiger charge is -2.03. The highest BCUT2D eigenvalue weighted by Crippen LogP contribution is 2.19. The summed E-state index contributed by atoms with van der Waals surface area (Å²) >= 11 is 0. The average molecular weight is 357 g/mol. The topological polar surface area (TPSA) is 77.2 Å². The Labute approximate surface area is 154 Å². The molecule has 6 nitrogen and oxygen atoms in total. The van der Waals surface area contributed by atoms with Crippen molar-refractivity contribution in [1.29, 1.82) is 0 Å². The summed E-state index contributed by atoms with van der Waals surface area (Å²) in [5.74, 6) is -0.0980.